The number of hydrogen-bond donors (Lipinski definition) is 1. The molecule has 5 heteroatoms. The van der Waals surface area contributed by atoms with Gasteiger partial charge in [-0.1, -0.05) is 13.0 Å². The van der Waals surface area contributed by atoms with E-state index in [0.29, 0.717) is 12.2 Å². The van der Waals surface area contributed by atoms with E-state index in [1.165, 1.54) is 11.8 Å². The van der Waals surface area contributed by atoms with Crippen LogP contribution < -0.4 is 4.90 Å². The Morgan fingerprint density at radius 3 is 2.89 bits per heavy atom. The van der Waals surface area contributed by atoms with Crippen LogP contribution in [0.15, 0.2) is 23.1 Å². The molecule has 96 valence electrons. The standard InChI is InChI=1S/C13H15NO3S/c1-3-9(13(16)17)8-4-5-10-11(6-8)18-7-12(15)14(10)2/h4-6,9H,3,7H2,1-2H3,(H,16,17). The number of nitrogens with zero attached hydrogens (tertiary/aromatic N) is 1. The number of fused-ring (bicyclic) bond motifs is 1. The zero-order chi connectivity index (χ0) is 13.3. The fourth-order valence-electron chi connectivity index (χ4n) is 2.06. The fourth-order valence-corrected chi connectivity index (χ4v) is 3.11. The minimum atomic E-state index is -0.803. The van der Waals surface area contributed by atoms with Gasteiger partial charge in [0.15, 0.2) is 0 Å². The summed E-state index contributed by atoms with van der Waals surface area (Å²) in [5.41, 5.74) is 1.67. The summed E-state index contributed by atoms with van der Waals surface area (Å²) in [7, 11) is 1.75. The van der Waals surface area contributed by atoms with Crippen molar-refractivity contribution in [2.24, 2.45) is 0 Å². The molecule has 4 nitrogen and oxygen atoms in total. The number of benzene rings is 1. The number of carboxylic acid groups (broad SMARTS) is 1. The van der Waals surface area contributed by atoms with E-state index in [-0.39, 0.29) is 5.91 Å². The summed E-state index contributed by atoms with van der Waals surface area (Å²) in [4.78, 5) is 25.3. The van der Waals surface area contributed by atoms with E-state index >= 15 is 0 Å². The summed E-state index contributed by atoms with van der Waals surface area (Å²) < 4.78 is 0. The van der Waals surface area contributed by atoms with Gasteiger partial charge in [-0.15, -0.1) is 11.8 Å². The summed E-state index contributed by atoms with van der Waals surface area (Å²) in [5, 5.41) is 9.15. The Balaban J connectivity index is 2.39. The van der Waals surface area contributed by atoms with Crippen LogP contribution in [0.25, 0.3) is 0 Å². The lowest BCUT2D eigenvalue weighted by Crippen LogP contribution is -2.31. The number of anilines is 1. The molecule has 1 aromatic rings. The molecule has 1 aliphatic heterocycles. The van der Waals surface area contributed by atoms with Gasteiger partial charge in [0, 0.05) is 11.9 Å². The fraction of sp³-hybridized carbons (Fsp3) is 0.385. The molecule has 1 aromatic carbocycles. The zero-order valence-electron chi connectivity index (χ0n) is 10.3. The molecule has 1 heterocycles. The monoisotopic (exact) mass is 265 g/mol. The van der Waals surface area contributed by atoms with Crippen LogP contribution in [-0.4, -0.2) is 29.8 Å². The summed E-state index contributed by atoms with van der Waals surface area (Å²) in [6, 6.07) is 5.53. The molecule has 0 radical (unpaired) electrons. The van der Waals surface area contributed by atoms with Crippen molar-refractivity contribution in [1.82, 2.24) is 0 Å². The van der Waals surface area contributed by atoms with E-state index in [4.69, 9.17) is 5.11 Å². The Morgan fingerprint density at radius 1 is 1.56 bits per heavy atom. The molecule has 2 rings (SSSR count). The number of hydrogen-bond acceptors (Lipinski definition) is 3. The van der Waals surface area contributed by atoms with E-state index in [2.05, 4.69) is 0 Å². The van der Waals surface area contributed by atoms with Crippen molar-refractivity contribution in [1.29, 1.82) is 0 Å². The van der Waals surface area contributed by atoms with Crippen LogP contribution in [0.4, 0.5) is 5.69 Å². The topological polar surface area (TPSA) is 57.6 Å². The number of carboxylic acids is 1. The number of carbonyl (C=O) groups is 2. The first kappa shape index (κ1) is 13.0. The maximum absolute atomic E-state index is 11.6. The summed E-state index contributed by atoms with van der Waals surface area (Å²) in [6.07, 6.45) is 0.563. The molecule has 1 unspecified atom stereocenters. The lowest BCUT2D eigenvalue weighted by Gasteiger charge is -2.26. The first-order chi connectivity index (χ1) is 8.54. The Morgan fingerprint density at radius 2 is 2.28 bits per heavy atom. The van der Waals surface area contributed by atoms with E-state index in [9.17, 15) is 9.59 Å². The second kappa shape index (κ2) is 5.02. The Bertz CT molecular complexity index is 501. The molecule has 1 atom stereocenters. The Kier molecular flexibility index (Phi) is 3.61. The first-order valence-corrected chi connectivity index (χ1v) is 6.79. The van der Waals surface area contributed by atoms with Crippen molar-refractivity contribution in [3.63, 3.8) is 0 Å². The molecule has 0 aliphatic carbocycles. The molecular weight excluding hydrogens is 250 g/mol. The van der Waals surface area contributed by atoms with Crippen LogP contribution in [0.2, 0.25) is 0 Å². The normalized spacial score (nSPS) is 16.3. The first-order valence-electron chi connectivity index (χ1n) is 5.80. The average molecular weight is 265 g/mol. The second-order valence-electron chi connectivity index (χ2n) is 4.27. The van der Waals surface area contributed by atoms with Crippen LogP contribution in [0.5, 0.6) is 0 Å². The van der Waals surface area contributed by atoms with Gasteiger partial charge in [0.05, 0.1) is 17.4 Å². The molecule has 0 bridgehead atoms. The molecule has 0 aromatic heterocycles. The molecule has 1 aliphatic rings. The van der Waals surface area contributed by atoms with Gasteiger partial charge in [-0.3, -0.25) is 9.59 Å². The Labute approximate surface area is 110 Å². The number of carbonyl (C=O) groups excluding carboxylic acids is 1. The van der Waals surface area contributed by atoms with Crippen molar-refractivity contribution in [2.45, 2.75) is 24.2 Å². The summed E-state index contributed by atoms with van der Waals surface area (Å²) in [5.74, 6) is -0.788. The predicted octanol–water partition coefficient (Wildman–Crippen LogP) is 2.33. The maximum atomic E-state index is 11.6. The van der Waals surface area contributed by atoms with Crippen molar-refractivity contribution < 1.29 is 14.7 Å². The van der Waals surface area contributed by atoms with Gasteiger partial charge in [-0.2, -0.15) is 0 Å². The SMILES string of the molecule is CCC(C(=O)O)c1ccc2c(c1)SCC(=O)N2C. The third kappa shape index (κ3) is 2.22. The quantitative estimate of drug-likeness (QED) is 0.911. The van der Waals surface area contributed by atoms with E-state index in [0.717, 1.165) is 16.1 Å². The van der Waals surface area contributed by atoms with E-state index in [1.807, 2.05) is 19.1 Å². The minimum absolute atomic E-state index is 0.0746. The lowest BCUT2D eigenvalue weighted by molar-refractivity contribution is -0.138. The third-order valence-corrected chi connectivity index (χ3v) is 4.21. The molecule has 1 N–H and O–H groups in total. The number of amides is 1. The average Bonchev–Trinajstić information content (AvgIpc) is 2.34. The van der Waals surface area contributed by atoms with E-state index < -0.39 is 11.9 Å². The van der Waals surface area contributed by atoms with Gasteiger partial charge < -0.3 is 10.0 Å². The van der Waals surface area contributed by atoms with Gasteiger partial charge in [-0.05, 0) is 24.1 Å². The molecule has 1 amide bonds. The highest BCUT2D eigenvalue weighted by molar-refractivity contribution is 8.00. The van der Waals surface area contributed by atoms with Crippen LogP contribution in [0.1, 0.15) is 24.8 Å². The third-order valence-electron chi connectivity index (χ3n) is 3.18. The second-order valence-corrected chi connectivity index (χ2v) is 5.28. The van der Waals surface area contributed by atoms with Gasteiger partial charge in [-0.25, -0.2) is 0 Å². The smallest absolute Gasteiger partial charge is 0.310 e. The molecule has 0 saturated heterocycles. The highest BCUT2D eigenvalue weighted by Gasteiger charge is 2.24. The summed E-state index contributed by atoms with van der Waals surface area (Å²) >= 11 is 1.47. The van der Waals surface area contributed by atoms with Gasteiger partial charge in [0.25, 0.3) is 0 Å². The van der Waals surface area contributed by atoms with Crippen molar-refractivity contribution in [2.75, 3.05) is 17.7 Å². The lowest BCUT2D eigenvalue weighted by atomic mass is 9.96. The van der Waals surface area contributed by atoms with Gasteiger partial charge in [0.2, 0.25) is 5.91 Å². The van der Waals surface area contributed by atoms with Crippen molar-refractivity contribution in [3.05, 3.63) is 23.8 Å². The van der Waals surface area contributed by atoms with Crippen LogP contribution in [-0.2, 0) is 9.59 Å². The molecule has 0 fully saturated rings. The number of aliphatic carboxylic acids is 1. The number of thioether (sulfide) groups is 1. The van der Waals surface area contributed by atoms with Crippen molar-refractivity contribution >= 4 is 29.3 Å². The van der Waals surface area contributed by atoms with Crippen molar-refractivity contribution in [3.8, 4) is 0 Å². The molecular formula is C13H15NO3S. The molecule has 18 heavy (non-hydrogen) atoms. The summed E-state index contributed by atoms with van der Waals surface area (Å²) in [6.45, 7) is 1.86. The molecule has 0 spiro atoms. The molecule has 0 saturated carbocycles. The zero-order valence-corrected chi connectivity index (χ0v) is 11.2. The van der Waals surface area contributed by atoms with Crippen LogP contribution in [0, 0.1) is 0 Å². The largest absolute Gasteiger partial charge is 0.481 e. The van der Waals surface area contributed by atoms with Crippen LogP contribution in [0.3, 0.4) is 0 Å². The maximum Gasteiger partial charge on any atom is 0.310 e. The highest BCUT2D eigenvalue weighted by atomic mass is 32.2. The number of rotatable bonds is 3. The Hall–Kier alpha value is -1.49. The van der Waals surface area contributed by atoms with Gasteiger partial charge in [0.1, 0.15) is 0 Å². The van der Waals surface area contributed by atoms with Gasteiger partial charge >= 0.3 is 5.97 Å². The minimum Gasteiger partial charge on any atom is -0.481 e. The van der Waals surface area contributed by atoms with E-state index in [1.54, 1.807) is 18.0 Å². The highest BCUT2D eigenvalue weighted by Crippen LogP contribution is 2.37. The predicted molar refractivity (Wildman–Crippen MR) is 71.2 cm³/mol. The van der Waals surface area contributed by atoms with Crippen LogP contribution >= 0.6 is 11.8 Å².